The quantitative estimate of drug-likeness (QED) is 0.877. The van der Waals surface area contributed by atoms with E-state index in [1.165, 1.54) is 32.0 Å². The molecule has 0 aromatic heterocycles. The van der Waals surface area contributed by atoms with Gasteiger partial charge in [-0.15, -0.1) is 0 Å². The van der Waals surface area contributed by atoms with E-state index in [0.717, 1.165) is 6.07 Å². The highest BCUT2D eigenvalue weighted by Gasteiger charge is 2.30. The molecule has 1 aromatic rings. The Balaban J connectivity index is 3.22. The van der Waals surface area contributed by atoms with Crippen LogP contribution in [0.4, 0.5) is 14.5 Å². The van der Waals surface area contributed by atoms with Crippen LogP contribution in [0.15, 0.2) is 29.2 Å². The van der Waals surface area contributed by atoms with Gasteiger partial charge in [-0.3, -0.25) is 4.79 Å². The summed E-state index contributed by atoms with van der Waals surface area (Å²) < 4.78 is 48.0. The van der Waals surface area contributed by atoms with Crippen molar-refractivity contribution in [2.75, 3.05) is 5.32 Å². The molecular formula is C11H14F2N2O3S. The minimum Gasteiger partial charge on any atom is -0.323 e. The largest absolute Gasteiger partial charge is 0.341 e. The fourth-order valence-corrected chi connectivity index (χ4v) is 2.08. The van der Waals surface area contributed by atoms with Gasteiger partial charge >= 0.3 is 5.76 Å². The lowest BCUT2D eigenvalue weighted by molar-refractivity contribution is -0.120. The van der Waals surface area contributed by atoms with Gasteiger partial charge in [0.1, 0.15) is 0 Å². The van der Waals surface area contributed by atoms with E-state index in [9.17, 15) is 22.0 Å². The number of rotatable bonds is 4. The normalized spacial score (nSPS) is 12.5. The highest BCUT2D eigenvalue weighted by atomic mass is 32.2. The third kappa shape index (κ3) is 3.48. The van der Waals surface area contributed by atoms with Crippen molar-refractivity contribution in [1.29, 1.82) is 0 Å². The molecular weight excluding hydrogens is 278 g/mol. The first-order chi connectivity index (χ1) is 8.56. The Hall–Kier alpha value is -1.54. The van der Waals surface area contributed by atoms with Crippen molar-refractivity contribution < 1.29 is 22.0 Å². The summed E-state index contributed by atoms with van der Waals surface area (Å²) in [5.74, 6) is -4.24. The van der Waals surface area contributed by atoms with Crippen LogP contribution in [-0.2, 0) is 14.6 Å². The minimum atomic E-state index is -4.79. The zero-order valence-electron chi connectivity index (χ0n) is 10.4. The first kappa shape index (κ1) is 15.5. The third-order valence-electron chi connectivity index (χ3n) is 2.26. The van der Waals surface area contributed by atoms with Crippen LogP contribution in [-0.4, -0.2) is 25.6 Å². The average molecular weight is 292 g/mol. The molecule has 0 saturated heterocycles. The van der Waals surface area contributed by atoms with Crippen molar-refractivity contribution in [3.63, 3.8) is 0 Å². The molecule has 0 fully saturated rings. The molecule has 0 heterocycles. The van der Waals surface area contributed by atoms with E-state index in [4.69, 9.17) is 5.73 Å². The van der Waals surface area contributed by atoms with E-state index in [0.29, 0.717) is 0 Å². The highest BCUT2D eigenvalue weighted by Crippen LogP contribution is 2.26. The van der Waals surface area contributed by atoms with Crippen molar-refractivity contribution in [2.45, 2.75) is 30.0 Å². The van der Waals surface area contributed by atoms with Gasteiger partial charge in [-0.25, -0.2) is 8.42 Å². The average Bonchev–Trinajstić information content (AvgIpc) is 2.28. The summed E-state index contributed by atoms with van der Waals surface area (Å²) in [6.07, 6.45) is 0. The molecule has 0 saturated carbocycles. The van der Waals surface area contributed by atoms with Crippen molar-refractivity contribution in [3.05, 3.63) is 24.3 Å². The number of carbonyl (C=O) groups excluding carboxylic acids is 1. The van der Waals surface area contributed by atoms with E-state index in [1.54, 1.807) is 0 Å². The maximum atomic E-state index is 12.5. The Morgan fingerprint density at radius 3 is 2.32 bits per heavy atom. The summed E-state index contributed by atoms with van der Waals surface area (Å²) in [6, 6.07) is 4.93. The molecule has 0 bridgehead atoms. The van der Waals surface area contributed by atoms with E-state index in [2.05, 4.69) is 5.32 Å². The zero-order chi connectivity index (χ0) is 14.8. The molecule has 106 valence electrons. The Morgan fingerprint density at radius 2 is 1.84 bits per heavy atom. The van der Waals surface area contributed by atoms with Gasteiger partial charge < -0.3 is 11.1 Å². The molecule has 0 aliphatic rings. The standard InChI is InChI=1S/C11H14F2N2O3S/c1-11(2,14)9(16)15-7-5-3-4-6-8(7)19(17,18)10(12)13/h3-6,10H,14H2,1-2H3,(H,15,16). The predicted octanol–water partition coefficient (Wildman–Crippen LogP) is 1.36. The molecule has 1 rings (SSSR count). The maximum Gasteiger partial charge on any atom is 0.341 e. The smallest absolute Gasteiger partial charge is 0.323 e. The maximum absolute atomic E-state index is 12.5. The second-order valence-corrected chi connectivity index (χ2v) is 6.36. The van der Waals surface area contributed by atoms with Crippen molar-refractivity contribution in [3.8, 4) is 0 Å². The van der Waals surface area contributed by atoms with E-state index in [1.807, 2.05) is 0 Å². The Kier molecular flexibility index (Phi) is 4.26. The number of nitrogens with one attached hydrogen (secondary N) is 1. The van der Waals surface area contributed by atoms with Crippen molar-refractivity contribution >= 4 is 21.4 Å². The minimum absolute atomic E-state index is 0.216. The number of amides is 1. The van der Waals surface area contributed by atoms with Crippen LogP contribution >= 0.6 is 0 Å². The third-order valence-corrected chi connectivity index (χ3v) is 3.70. The zero-order valence-corrected chi connectivity index (χ0v) is 11.2. The van der Waals surface area contributed by atoms with Gasteiger partial charge in [0.25, 0.3) is 0 Å². The van der Waals surface area contributed by atoms with Gasteiger partial charge in [0.05, 0.1) is 16.1 Å². The lowest BCUT2D eigenvalue weighted by atomic mass is 10.1. The summed E-state index contributed by atoms with van der Waals surface area (Å²) in [7, 11) is -4.79. The number of hydrogen-bond donors (Lipinski definition) is 2. The number of sulfone groups is 1. The van der Waals surface area contributed by atoms with Crippen LogP contribution in [0.1, 0.15) is 13.8 Å². The molecule has 0 aliphatic carbocycles. The van der Waals surface area contributed by atoms with Gasteiger partial charge in [0, 0.05) is 0 Å². The predicted molar refractivity (Wildman–Crippen MR) is 66.5 cm³/mol. The number of para-hydroxylation sites is 1. The number of halogens is 2. The summed E-state index contributed by atoms with van der Waals surface area (Å²) >= 11 is 0. The fraction of sp³-hybridized carbons (Fsp3) is 0.364. The lowest BCUT2D eigenvalue weighted by Crippen LogP contribution is -2.45. The summed E-state index contributed by atoms with van der Waals surface area (Å²) in [6.45, 7) is 2.82. The number of alkyl halides is 2. The first-order valence-corrected chi connectivity index (χ1v) is 6.83. The molecule has 8 heteroatoms. The number of benzene rings is 1. The van der Waals surface area contributed by atoms with E-state index < -0.39 is 31.9 Å². The van der Waals surface area contributed by atoms with Crippen LogP contribution in [0.5, 0.6) is 0 Å². The summed E-state index contributed by atoms with van der Waals surface area (Å²) in [5, 5.41) is 2.24. The monoisotopic (exact) mass is 292 g/mol. The molecule has 0 atom stereocenters. The van der Waals surface area contributed by atoms with Crippen LogP contribution in [0.25, 0.3) is 0 Å². The molecule has 1 amide bonds. The molecule has 0 unspecified atom stereocenters. The lowest BCUT2D eigenvalue weighted by Gasteiger charge is -2.19. The Morgan fingerprint density at radius 1 is 1.32 bits per heavy atom. The van der Waals surface area contributed by atoms with E-state index >= 15 is 0 Å². The molecule has 1 aromatic carbocycles. The van der Waals surface area contributed by atoms with Crippen molar-refractivity contribution in [2.24, 2.45) is 5.73 Å². The second kappa shape index (κ2) is 5.22. The van der Waals surface area contributed by atoms with Gasteiger partial charge in [0.2, 0.25) is 15.7 Å². The fourth-order valence-electron chi connectivity index (χ4n) is 1.20. The highest BCUT2D eigenvalue weighted by molar-refractivity contribution is 7.91. The second-order valence-electron chi connectivity index (χ2n) is 4.48. The van der Waals surface area contributed by atoms with Crippen LogP contribution in [0.2, 0.25) is 0 Å². The van der Waals surface area contributed by atoms with Crippen LogP contribution in [0.3, 0.4) is 0 Å². The number of hydrogen-bond acceptors (Lipinski definition) is 4. The van der Waals surface area contributed by atoms with Crippen LogP contribution < -0.4 is 11.1 Å². The van der Waals surface area contributed by atoms with Gasteiger partial charge in [-0.1, -0.05) is 12.1 Å². The number of nitrogens with two attached hydrogens (primary N) is 1. The SMILES string of the molecule is CC(C)(N)C(=O)Nc1ccccc1S(=O)(=O)C(F)F. The van der Waals surface area contributed by atoms with Gasteiger partial charge in [-0.2, -0.15) is 8.78 Å². The van der Waals surface area contributed by atoms with Crippen molar-refractivity contribution in [1.82, 2.24) is 0 Å². The van der Waals surface area contributed by atoms with Gasteiger partial charge in [0.15, 0.2) is 0 Å². The molecule has 0 radical (unpaired) electrons. The number of carbonyl (C=O) groups is 1. The topological polar surface area (TPSA) is 89.3 Å². The molecule has 0 spiro atoms. The first-order valence-electron chi connectivity index (χ1n) is 5.28. The van der Waals surface area contributed by atoms with Gasteiger partial charge in [-0.05, 0) is 26.0 Å². The summed E-state index contributed by atoms with van der Waals surface area (Å²) in [4.78, 5) is 11.0. The molecule has 5 nitrogen and oxygen atoms in total. The molecule has 19 heavy (non-hydrogen) atoms. The molecule has 3 N–H and O–H groups in total. The van der Waals surface area contributed by atoms with Crippen LogP contribution in [0, 0.1) is 0 Å². The Labute approximate surface area is 109 Å². The summed E-state index contributed by atoms with van der Waals surface area (Å²) in [5.41, 5.74) is 4.06. The van der Waals surface area contributed by atoms with E-state index in [-0.39, 0.29) is 5.69 Å². The Bertz CT molecular complexity index is 580. The molecule has 0 aliphatic heterocycles. The number of anilines is 1.